The van der Waals surface area contributed by atoms with E-state index < -0.39 is 5.97 Å². The van der Waals surface area contributed by atoms with Gasteiger partial charge in [0.25, 0.3) is 0 Å². The van der Waals surface area contributed by atoms with E-state index in [-0.39, 0.29) is 0 Å². The van der Waals surface area contributed by atoms with Crippen molar-refractivity contribution in [3.8, 4) is 16.9 Å². The molecular formula is C18H16N4O3. The zero-order chi connectivity index (χ0) is 17.4. The largest absolute Gasteiger partial charge is 0.497 e. The number of esters is 1. The lowest BCUT2D eigenvalue weighted by Crippen LogP contribution is -2.05. The number of hydrogen-bond donors (Lipinski definition) is 2. The lowest BCUT2D eigenvalue weighted by molar-refractivity contribution is 0.0521. The normalized spacial score (nSPS) is 11.1. The van der Waals surface area contributed by atoms with E-state index in [2.05, 4.69) is 20.4 Å². The summed E-state index contributed by atoms with van der Waals surface area (Å²) in [4.78, 5) is 12.3. The van der Waals surface area contributed by atoms with E-state index in [0.29, 0.717) is 17.8 Å². The van der Waals surface area contributed by atoms with Crippen molar-refractivity contribution in [3.05, 3.63) is 42.2 Å². The van der Waals surface area contributed by atoms with Crippen LogP contribution in [-0.2, 0) is 4.74 Å². The molecule has 4 aromatic rings. The van der Waals surface area contributed by atoms with Gasteiger partial charge in [0, 0.05) is 10.8 Å². The molecule has 2 N–H and O–H groups in total. The fraction of sp³-hybridized carbons (Fsp3) is 0.167. The van der Waals surface area contributed by atoms with Gasteiger partial charge in [-0.3, -0.25) is 10.2 Å². The highest BCUT2D eigenvalue weighted by atomic mass is 16.5. The highest BCUT2D eigenvalue weighted by Crippen LogP contribution is 2.35. The van der Waals surface area contributed by atoms with Crippen molar-refractivity contribution in [2.75, 3.05) is 13.7 Å². The number of benzene rings is 2. The molecule has 0 aliphatic carbocycles. The van der Waals surface area contributed by atoms with Crippen LogP contribution in [-0.4, -0.2) is 40.1 Å². The molecule has 7 heteroatoms. The minimum atomic E-state index is -0.428. The quantitative estimate of drug-likeness (QED) is 0.558. The number of aromatic nitrogens is 4. The molecule has 0 saturated carbocycles. The van der Waals surface area contributed by atoms with Crippen molar-refractivity contribution in [1.82, 2.24) is 20.4 Å². The Morgan fingerprint density at radius 2 is 2.00 bits per heavy atom. The van der Waals surface area contributed by atoms with Gasteiger partial charge in [0.05, 0.1) is 25.4 Å². The van der Waals surface area contributed by atoms with Gasteiger partial charge in [-0.2, -0.15) is 10.2 Å². The Labute approximate surface area is 142 Å². The maximum atomic E-state index is 12.3. The molecular weight excluding hydrogens is 320 g/mol. The van der Waals surface area contributed by atoms with Gasteiger partial charge >= 0.3 is 5.97 Å². The third kappa shape index (κ3) is 2.40. The second-order valence-corrected chi connectivity index (χ2v) is 5.53. The average molecular weight is 336 g/mol. The number of nitrogens with zero attached hydrogens (tertiary/aromatic N) is 2. The lowest BCUT2D eigenvalue weighted by Gasteiger charge is -2.08. The maximum Gasteiger partial charge on any atom is 0.357 e. The van der Waals surface area contributed by atoms with Gasteiger partial charge in [-0.25, -0.2) is 4.79 Å². The summed E-state index contributed by atoms with van der Waals surface area (Å²) >= 11 is 0. The van der Waals surface area contributed by atoms with Crippen molar-refractivity contribution in [1.29, 1.82) is 0 Å². The molecule has 0 spiro atoms. The molecule has 0 aliphatic rings. The van der Waals surface area contributed by atoms with Gasteiger partial charge in [0.2, 0.25) is 0 Å². The van der Waals surface area contributed by atoms with Crippen LogP contribution < -0.4 is 4.74 Å². The van der Waals surface area contributed by atoms with Gasteiger partial charge in [0.15, 0.2) is 5.69 Å². The molecule has 0 amide bonds. The molecule has 7 nitrogen and oxygen atoms in total. The van der Waals surface area contributed by atoms with E-state index in [0.717, 1.165) is 33.2 Å². The Kier molecular flexibility index (Phi) is 3.61. The summed E-state index contributed by atoms with van der Waals surface area (Å²) in [6, 6.07) is 9.60. The molecule has 126 valence electrons. The number of methoxy groups -OCH3 is 1. The van der Waals surface area contributed by atoms with Gasteiger partial charge in [0.1, 0.15) is 11.3 Å². The summed E-state index contributed by atoms with van der Waals surface area (Å²) in [6.45, 7) is 2.07. The van der Waals surface area contributed by atoms with Gasteiger partial charge in [-0.05, 0) is 36.2 Å². The lowest BCUT2D eigenvalue weighted by atomic mass is 9.98. The zero-order valence-electron chi connectivity index (χ0n) is 13.8. The number of ether oxygens (including phenoxy) is 2. The van der Waals surface area contributed by atoms with Crippen molar-refractivity contribution in [2.24, 2.45) is 0 Å². The number of fused-ring (bicyclic) bond motifs is 3. The van der Waals surface area contributed by atoms with Crippen LogP contribution >= 0.6 is 0 Å². The molecule has 2 aromatic carbocycles. The van der Waals surface area contributed by atoms with Crippen LogP contribution in [0.5, 0.6) is 5.75 Å². The van der Waals surface area contributed by atoms with Gasteiger partial charge in [-0.1, -0.05) is 12.1 Å². The third-order valence-electron chi connectivity index (χ3n) is 4.13. The number of hydrogen-bond acceptors (Lipinski definition) is 5. The average Bonchev–Trinajstić information content (AvgIpc) is 3.27. The molecule has 0 aliphatic heterocycles. The van der Waals surface area contributed by atoms with Crippen LogP contribution in [0.2, 0.25) is 0 Å². The van der Waals surface area contributed by atoms with Gasteiger partial charge < -0.3 is 9.47 Å². The predicted octanol–water partition coefficient (Wildman–Crippen LogP) is 3.29. The Balaban J connectivity index is 2.01. The summed E-state index contributed by atoms with van der Waals surface area (Å²) < 4.78 is 10.4. The summed E-state index contributed by atoms with van der Waals surface area (Å²) in [5, 5.41) is 15.8. The first-order valence-electron chi connectivity index (χ1n) is 7.88. The summed E-state index contributed by atoms with van der Waals surface area (Å²) in [5.74, 6) is 0.336. The van der Waals surface area contributed by atoms with Crippen molar-refractivity contribution in [2.45, 2.75) is 6.92 Å². The standard InChI is InChI=1S/C18H16N4O3/c1-3-25-18(23)17-15-12(10-4-6-11(24-2)7-5-10)8-14-13(9-19-20-14)16(15)21-22-17/h4-9H,3H2,1-2H3,(H,19,20)(H,21,22). The number of rotatable bonds is 4. The van der Waals surface area contributed by atoms with E-state index in [4.69, 9.17) is 9.47 Å². The number of aromatic amines is 2. The van der Waals surface area contributed by atoms with Crippen LogP contribution in [0, 0.1) is 0 Å². The SMILES string of the molecule is CCOC(=O)c1[nH]nc2c1c(-c1ccc(OC)cc1)cc1[nH]ncc12. The Morgan fingerprint density at radius 1 is 1.20 bits per heavy atom. The summed E-state index contributed by atoms with van der Waals surface area (Å²) in [7, 11) is 1.62. The Bertz CT molecular complexity index is 1060. The van der Waals surface area contributed by atoms with Gasteiger partial charge in [-0.15, -0.1) is 0 Å². The molecule has 4 rings (SSSR count). The zero-order valence-corrected chi connectivity index (χ0v) is 13.8. The molecule has 0 fully saturated rings. The predicted molar refractivity (Wildman–Crippen MR) is 93.7 cm³/mol. The highest BCUT2D eigenvalue weighted by molar-refractivity contribution is 6.17. The van der Waals surface area contributed by atoms with E-state index in [9.17, 15) is 4.79 Å². The fourth-order valence-electron chi connectivity index (χ4n) is 2.96. The minimum Gasteiger partial charge on any atom is -0.497 e. The molecule has 2 aromatic heterocycles. The number of carbonyl (C=O) groups is 1. The minimum absolute atomic E-state index is 0.297. The second kappa shape index (κ2) is 5.94. The van der Waals surface area contributed by atoms with Crippen molar-refractivity contribution < 1.29 is 14.3 Å². The number of H-pyrrole nitrogens is 2. The Hall–Kier alpha value is -3.35. The maximum absolute atomic E-state index is 12.3. The van der Waals surface area contributed by atoms with Crippen molar-refractivity contribution >= 4 is 27.8 Å². The van der Waals surface area contributed by atoms with Crippen molar-refractivity contribution in [3.63, 3.8) is 0 Å². The Morgan fingerprint density at radius 3 is 2.72 bits per heavy atom. The monoisotopic (exact) mass is 336 g/mol. The van der Waals surface area contributed by atoms with E-state index in [1.54, 1.807) is 20.2 Å². The van der Waals surface area contributed by atoms with E-state index in [1.165, 1.54) is 0 Å². The smallest absolute Gasteiger partial charge is 0.357 e. The molecule has 0 radical (unpaired) electrons. The first-order valence-corrected chi connectivity index (χ1v) is 7.88. The highest BCUT2D eigenvalue weighted by Gasteiger charge is 2.21. The van der Waals surface area contributed by atoms with Crippen LogP contribution in [0.4, 0.5) is 0 Å². The number of carbonyl (C=O) groups excluding carboxylic acids is 1. The molecule has 0 saturated heterocycles. The first kappa shape index (κ1) is 15.2. The molecule has 0 bridgehead atoms. The fourth-order valence-corrected chi connectivity index (χ4v) is 2.96. The van der Waals surface area contributed by atoms with Crippen LogP contribution in [0.3, 0.4) is 0 Å². The van der Waals surface area contributed by atoms with E-state index >= 15 is 0 Å². The summed E-state index contributed by atoms with van der Waals surface area (Å²) in [5.41, 5.74) is 3.67. The van der Waals surface area contributed by atoms with Crippen LogP contribution in [0.25, 0.3) is 32.9 Å². The molecule has 2 heterocycles. The van der Waals surface area contributed by atoms with Crippen LogP contribution in [0.15, 0.2) is 36.5 Å². The van der Waals surface area contributed by atoms with Crippen LogP contribution in [0.1, 0.15) is 17.4 Å². The van der Waals surface area contributed by atoms with E-state index in [1.807, 2.05) is 30.3 Å². The second-order valence-electron chi connectivity index (χ2n) is 5.53. The third-order valence-corrected chi connectivity index (χ3v) is 4.13. The topological polar surface area (TPSA) is 92.9 Å². The first-order chi connectivity index (χ1) is 12.2. The molecule has 0 atom stereocenters. The molecule has 25 heavy (non-hydrogen) atoms. The number of nitrogens with one attached hydrogen (secondary N) is 2. The summed E-state index contributed by atoms with van der Waals surface area (Å²) in [6.07, 6.45) is 1.70. The molecule has 0 unspecified atom stereocenters.